The lowest BCUT2D eigenvalue weighted by molar-refractivity contribution is -0.124. The van der Waals surface area contributed by atoms with Crippen molar-refractivity contribution in [1.82, 2.24) is 30.0 Å². The van der Waals surface area contributed by atoms with Crippen LogP contribution in [0.15, 0.2) is 12.1 Å². The van der Waals surface area contributed by atoms with Gasteiger partial charge >= 0.3 is 0 Å². The maximum absolute atomic E-state index is 11.9. The molecule has 1 N–H and O–H groups in total. The minimum Gasteiger partial charge on any atom is -0.355 e. The Morgan fingerprint density at radius 1 is 1.00 bits per heavy atom. The van der Waals surface area contributed by atoms with Crippen LogP contribution in [-0.2, 0) is 4.79 Å². The van der Waals surface area contributed by atoms with Crippen molar-refractivity contribution in [3.8, 4) is 0 Å². The van der Waals surface area contributed by atoms with Gasteiger partial charge in [0, 0.05) is 25.6 Å². The molecular formula is C18H25N7O. The van der Waals surface area contributed by atoms with Crippen molar-refractivity contribution < 1.29 is 4.79 Å². The van der Waals surface area contributed by atoms with Crippen LogP contribution in [-0.4, -0.2) is 69.4 Å². The number of likely N-dealkylation sites (tertiary alicyclic amines) is 1. The molecule has 0 spiro atoms. The molecule has 8 heteroatoms. The van der Waals surface area contributed by atoms with Gasteiger partial charge in [0.25, 0.3) is 0 Å². The highest BCUT2D eigenvalue weighted by Gasteiger charge is 2.34. The van der Waals surface area contributed by atoms with E-state index in [-0.39, 0.29) is 11.9 Å². The SMILES string of the molecule is O=C1NCCC1N1CCC(c2nnc3ccc(N4CCCC4)nn23)CC1. The molecule has 0 aromatic carbocycles. The van der Waals surface area contributed by atoms with Crippen LogP contribution < -0.4 is 10.2 Å². The van der Waals surface area contributed by atoms with Gasteiger partial charge in [-0.15, -0.1) is 15.3 Å². The highest BCUT2D eigenvalue weighted by Crippen LogP contribution is 2.29. The summed E-state index contributed by atoms with van der Waals surface area (Å²) in [6, 6.07) is 4.14. The molecule has 26 heavy (non-hydrogen) atoms. The zero-order valence-corrected chi connectivity index (χ0v) is 15.0. The van der Waals surface area contributed by atoms with E-state index in [1.54, 1.807) is 0 Å². The third-order valence-corrected chi connectivity index (χ3v) is 6.06. The molecule has 0 aliphatic carbocycles. The summed E-state index contributed by atoms with van der Waals surface area (Å²) in [6.45, 7) is 4.84. The number of amides is 1. The lowest BCUT2D eigenvalue weighted by Gasteiger charge is -2.33. The lowest BCUT2D eigenvalue weighted by atomic mass is 9.95. The molecule has 1 atom stereocenters. The smallest absolute Gasteiger partial charge is 0.237 e. The number of hydrogen-bond acceptors (Lipinski definition) is 6. The van der Waals surface area contributed by atoms with Gasteiger partial charge in [0.1, 0.15) is 5.82 Å². The van der Waals surface area contributed by atoms with Crippen LogP contribution >= 0.6 is 0 Å². The molecule has 1 unspecified atom stereocenters. The van der Waals surface area contributed by atoms with Crippen LogP contribution in [0.4, 0.5) is 5.82 Å². The van der Waals surface area contributed by atoms with Crippen molar-refractivity contribution in [3.05, 3.63) is 18.0 Å². The summed E-state index contributed by atoms with van der Waals surface area (Å²) in [5.41, 5.74) is 0.820. The number of anilines is 1. The third kappa shape index (κ3) is 2.72. The summed E-state index contributed by atoms with van der Waals surface area (Å²) in [5.74, 6) is 2.54. The van der Waals surface area contributed by atoms with Gasteiger partial charge in [-0.1, -0.05) is 0 Å². The predicted octanol–water partition coefficient (Wildman–Crippen LogP) is 0.792. The van der Waals surface area contributed by atoms with Gasteiger partial charge in [0.05, 0.1) is 6.04 Å². The van der Waals surface area contributed by atoms with E-state index in [0.717, 1.165) is 69.3 Å². The monoisotopic (exact) mass is 355 g/mol. The number of piperidine rings is 1. The number of hydrogen-bond donors (Lipinski definition) is 1. The van der Waals surface area contributed by atoms with E-state index in [1.165, 1.54) is 12.8 Å². The van der Waals surface area contributed by atoms with E-state index < -0.39 is 0 Å². The first kappa shape index (κ1) is 16.0. The second kappa shape index (κ2) is 6.50. The molecule has 3 saturated heterocycles. The Balaban J connectivity index is 1.34. The summed E-state index contributed by atoms with van der Waals surface area (Å²) < 4.78 is 1.94. The molecule has 5 rings (SSSR count). The first-order chi connectivity index (χ1) is 12.8. The van der Waals surface area contributed by atoms with Crippen molar-refractivity contribution in [2.75, 3.05) is 37.6 Å². The van der Waals surface area contributed by atoms with E-state index in [0.29, 0.717) is 5.92 Å². The molecular weight excluding hydrogens is 330 g/mol. The van der Waals surface area contributed by atoms with Crippen molar-refractivity contribution in [1.29, 1.82) is 0 Å². The van der Waals surface area contributed by atoms with Crippen LogP contribution in [0.25, 0.3) is 5.65 Å². The average Bonchev–Trinajstić information content (AvgIpc) is 3.42. The van der Waals surface area contributed by atoms with E-state index >= 15 is 0 Å². The van der Waals surface area contributed by atoms with Gasteiger partial charge in [0.15, 0.2) is 11.5 Å². The number of aromatic nitrogens is 4. The van der Waals surface area contributed by atoms with Crippen LogP contribution in [0.5, 0.6) is 0 Å². The Kier molecular flexibility index (Phi) is 4.00. The lowest BCUT2D eigenvalue weighted by Crippen LogP contribution is -2.44. The predicted molar refractivity (Wildman–Crippen MR) is 97.2 cm³/mol. The molecule has 8 nitrogen and oxygen atoms in total. The molecule has 2 aromatic heterocycles. The summed E-state index contributed by atoms with van der Waals surface area (Å²) >= 11 is 0. The third-order valence-electron chi connectivity index (χ3n) is 6.06. The van der Waals surface area contributed by atoms with Crippen LogP contribution in [0, 0.1) is 0 Å². The Hall–Kier alpha value is -2.22. The van der Waals surface area contributed by atoms with E-state index in [9.17, 15) is 4.79 Å². The van der Waals surface area contributed by atoms with Crippen molar-refractivity contribution in [2.45, 2.75) is 44.1 Å². The fraction of sp³-hybridized carbons (Fsp3) is 0.667. The number of rotatable bonds is 3. The second-order valence-corrected chi connectivity index (χ2v) is 7.62. The van der Waals surface area contributed by atoms with Gasteiger partial charge in [-0.25, -0.2) is 0 Å². The van der Waals surface area contributed by atoms with Crippen molar-refractivity contribution >= 4 is 17.4 Å². The Labute approximate surface area is 152 Å². The quantitative estimate of drug-likeness (QED) is 0.877. The summed E-state index contributed by atoms with van der Waals surface area (Å²) in [5, 5.41) is 16.6. The Morgan fingerprint density at radius 2 is 1.81 bits per heavy atom. The normalized spacial score (nSPS) is 25.3. The number of nitrogens with one attached hydrogen (secondary N) is 1. The molecule has 1 amide bonds. The van der Waals surface area contributed by atoms with Crippen LogP contribution in [0.3, 0.4) is 0 Å². The number of carbonyl (C=O) groups is 1. The number of carbonyl (C=O) groups excluding carboxylic acids is 1. The molecule has 0 bridgehead atoms. The van der Waals surface area contributed by atoms with E-state index in [2.05, 4.69) is 31.4 Å². The summed E-state index contributed by atoms with van der Waals surface area (Å²) in [6.07, 6.45) is 5.41. The Bertz CT molecular complexity index is 805. The molecule has 3 aliphatic rings. The highest BCUT2D eigenvalue weighted by atomic mass is 16.2. The highest BCUT2D eigenvalue weighted by molar-refractivity contribution is 5.83. The van der Waals surface area contributed by atoms with Crippen LogP contribution in [0.1, 0.15) is 43.8 Å². The van der Waals surface area contributed by atoms with E-state index in [1.807, 2.05) is 10.6 Å². The zero-order chi connectivity index (χ0) is 17.5. The van der Waals surface area contributed by atoms with Gasteiger partial charge in [-0.2, -0.15) is 4.52 Å². The summed E-state index contributed by atoms with van der Waals surface area (Å²) in [7, 11) is 0. The maximum atomic E-state index is 11.9. The topological polar surface area (TPSA) is 78.7 Å². The number of nitrogens with zero attached hydrogens (tertiary/aromatic N) is 6. The maximum Gasteiger partial charge on any atom is 0.237 e. The fourth-order valence-corrected chi connectivity index (χ4v) is 4.56. The molecule has 0 saturated carbocycles. The summed E-state index contributed by atoms with van der Waals surface area (Å²) in [4.78, 5) is 16.6. The average molecular weight is 355 g/mol. The fourth-order valence-electron chi connectivity index (χ4n) is 4.56. The standard InChI is InChI=1S/C18H25N7O/c26-18-14(5-8-19-18)23-11-6-13(7-12-23)17-21-20-15-3-4-16(22-25(15)17)24-9-1-2-10-24/h3-4,13-14H,1-2,5-12H2,(H,19,26). The largest absolute Gasteiger partial charge is 0.355 e. The first-order valence-corrected chi connectivity index (χ1v) is 9.79. The second-order valence-electron chi connectivity index (χ2n) is 7.62. The van der Waals surface area contributed by atoms with Gasteiger partial charge in [-0.3, -0.25) is 9.69 Å². The zero-order valence-electron chi connectivity index (χ0n) is 15.0. The van der Waals surface area contributed by atoms with Gasteiger partial charge in [-0.05, 0) is 57.3 Å². The first-order valence-electron chi connectivity index (χ1n) is 9.79. The number of fused-ring (bicyclic) bond motifs is 1. The molecule has 138 valence electrons. The van der Waals surface area contributed by atoms with E-state index in [4.69, 9.17) is 5.10 Å². The van der Waals surface area contributed by atoms with Gasteiger partial charge in [0.2, 0.25) is 5.91 Å². The Morgan fingerprint density at radius 3 is 2.54 bits per heavy atom. The molecule has 3 fully saturated rings. The minimum absolute atomic E-state index is 0.0611. The van der Waals surface area contributed by atoms with Crippen LogP contribution in [0.2, 0.25) is 0 Å². The molecule has 5 heterocycles. The molecule has 3 aliphatic heterocycles. The molecule has 2 aromatic rings. The minimum atomic E-state index is 0.0611. The van der Waals surface area contributed by atoms with Gasteiger partial charge < -0.3 is 10.2 Å². The molecule has 0 radical (unpaired) electrons. The van der Waals surface area contributed by atoms with Crippen molar-refractivity contribution in [3.63, 3.8) is 0 Å². The van der Waals surface area contributed by atoms with Crippen molar-refractivity contribution in [2.24, 2.45) is 0 Å².